The van der Waals surface area contributed by atoms with E-state index in [0.29, 0.717) is 6.54 Å². The van der Waals surface area contributed by atoms with Gasteiger partial charge in [0.1, 0.15) is 5.82 Å². The molecule has 3 aromatic rings. The molecule has 0 bridgehead atoms. The Morgan fingerprint density at radius 3 is 2.89 bits per heavy atom. The molecule has 0 spiro atoms. The van der Waals surface area contributed by atoms with Gasteiger partial charge >= 0.3 is 0 Å². The molecule has 1 N–H and O–H groups in total. The van der Waals surface area contributed by atoms with Crippen LogP contribution < -0.4 is 0 Å². The summed E-state index contributed by atoms with van der Waals surface area (Å²) in [5.74, 6) is 0.778. The first-order valence-electron chi connectivity index (χ1n) is 6.12. The molecule has 5 heteroatoms. The Morgan fingerprint density at radius 2 is 2.11 bits per heavy atom. The molecule has 0 saturated carbocycles. The molecule has 0 aliphatic carbocycles. The standard InChI is InChI=1S/C14H14N4S/c1-9-4-3-5-12-13(9)18(14(19)17-12)8-11-6-7-15-10(2)16-11/h3-7H,8H2,1-2H3,(H,17,19). The monoisotopic (exact) mass is 270 g/mol. The van der Waals surface area contributed by atoms with Crippen molar-refractivity contribution in [2.75, 3.05) is 0 Å². The molecular formula is C14H14N4S. The van der Waals surface area contributed by atoms with E-state index in [1.807, 2.05) is 25.1 Å². The highest BCUT2D eigenvalue weighted by Crippen LogP contribution is 2.19. The van der Waals surface area contributed by atoms with Crippen molar-refractivity contribution in [1.82, 2.24) is 19.5 Å². The van der Waals surface area contributed by atoms with E-state index >= 15 is 0 Å². The summed E-state index contributed by atoms with van der Waals surface area (Å²) in [5.41, 5.74) is 4.38. The molecule has 2 aromatic heterocycles. The van der Waals surface area contributed by atoms with Crippen LogP contribution in [0.1, 0.15) is 17.1 Å². The molecule has 0 unspecified atom stereocenters. The Balaban J connectivity index is 2.15. The minimum absolute atomic E-state index is 0.660. The summed E-state index contributed by atoms with van der Waals surface area (Å²) < 4.78 is 2.81. The molecule has 0 amide bonds. The zero-order chi connectivity index (χ0) is 13.4. The van der Waals surface area contributed by atoms with Crippen LogP contribution in [0.15, 0.2) is 30.5 Å². The fraction of sp³-hybridized carbons (Fsp3) is 0.214. The number of imidazole rings is 1. The lowest BCUT2D eigenvalue weighted by atomic mass is 10.2. The number of fused-ring (bicyclic) bond motifs is 1. The lowest BCUT2D eigenvalue weighted by Gasteiger charge is -2.06. The Kier molecular flexibility index (Phi) is 2.91. The number of aromatic amines is 1. The second kappa shape index (κ2) is 4.59. The van der Waals surface area contributed by atoms with Gasteiger partial charge in [-0.2, -0.15) is 0 Å². The van der Waals surface area contributed by atoms with Crippen molar-refractivity contribution in [3.63, 3.8) is 0 Å². The van der Waals surface area contributed by atoms with Crippen LogP contribution in [0.2, 0.25) is 0 Å². The number of rotatable bonds is 2. The van der Waals surface area contributed by atoms with E-state index in [2.05, 4.69) is 32.5 Å². The van der Waals surface area contributed by atoms with E-state index in [-0.39, 0.29) is 0 Å². The zero-order valence-corrected chi connectivity index (χ0v) is 11.7. The maximum atomic E-state index is 5.41. The van der Waals surface area contributed by atoms with Crippen LogP contribution in [0.25, 0.3) is 11.0 Å². The number of nitrogens with zero attached hydrogens (tertiary/aromatic N) is 3. The summed E-state index contributed by atoms with van der Waals surface area (Å²) in [6, 6.07) is 8.08. The Bertz CT molecular complexity index is 801. The van der Waals surface area contributed by atoms with Gasteiger partial charge in [-0.05, 0) is 43.8 Å². The van der Waals surface area contributed by atoms with Gasteiger partial charge in [-0.15, -0.1) is 0 Å². The minimum Gasteiger partial charge on any atom is -0.331 e. The van der Waals surface area contributed by atoms with E-state index in [1.165, 1.54) is 5.56 Å². The summed E-state index contributed by atoms with van der Waals surface area (Å²) in [5, 5.41) is 0. The lowest BCUT2D eigenvalue weighted by Crippen LogP contribution is -2.04. The average Bonchev–Trinajstić information content (AvgIpc) is 2.67. The Hall–Kier alpha value is -2.01. The van der Waals surface area contributed by atoms with Crippen LogP contribution in [-0.2, 0) is 6.54 Å². The zero-order valence-electron chi connectivity index (χ0n) is 10.8. The second-order valence-electron chi connectivity index (χ2n) is 4.58. The number of benzene rings is 1. The highest BCUT2D eigenvalue weighted by atomic mass is 32.1. The predicted molar refractivity (Wildman–Crippen MR) is 77.7 cm³/mol. The predicted octanol–water partition coefficient (Wildman–Crippen LogP) is 3.15. The number of aryl methyl sites for hydroxylation is 2. The maximum absolute atomic E-state index is 5.41. The third kappa shape index (κ3) is 2.17. The second-order valence-corrected chi connectivity index (χ2v) is 4.97. The van der Waals surface area contributed by atoms with Gasteiger partial charge in [-0.3, -0.25) is 0 Å². The SMILES string of the molecule is Cc1nccc(Cn2c(=S)[nH]c3cccc(C)c32)n1. The molecule has 4 nitrogen and oxygen atoms in total. The van der Waals surface area contributed by atoms with Crippen molar-refractivity contribution in [1.29, 1.82) is 0 Å². The number of hydrogen-bond acceptors (Lipinski definition) is 3. The molecular weight excluding hydrogens is 256 g/mol. The van der Waals surface area contributed by atoms with Crippen molar-refractivity contribution in [2.24, 2.45) is 0 Å². The van der Waals surface area contributed by atoms with Crippen molar-refractivity contribution in [3.8, 4) is 0 Å². The molecule has 1 aromatic carbocycles. The van der Waals surface area contributed by atoms with E-state index in [9.17, 15) is 0 Å². The third-order valence-electron chi connectivity index (χ3n) is 3.15. The van der Waals surface area contributed by atoms with Gasteiger partial charge in [0.2, 0.25) is 0 Å². The van der Waals surface area contributed by atoms with Gasteiger partial charge in [0.15, 0.2) is 4.77 Å². The quantitative estimate of drug-likeness (QED) is 0.728. The molecule has 0 saturated heterocycles. The Morgan fingerprint density at radius 1 is 1.26 bits per heavy atom. The van der Waals surface area contributed by atoms with Crippen LogP contribution in [0, 0.1) is 18.6 Å². The van der Waals surface area contributed by atoms with Crippen LogP contribution in [0.3, 0.4) is 0 Å². The largest absolute Gasteiger partial charge is 0.331 e. The number of hydrogen-bond donors (Lipinski definition) is 1. The fourth-order valence-electron chi connectivity index (χ4n) is 2.31. The smallest absolute Gasteiger partial charge is 0.178 e. The summed E-state index contributed by atoms with van der Waals surface area (Å²) in [4.78, 5) is 11.8. The first-order valence-corrected chi connectivity index (χ1v) is 6.52. The van der Waals surface area contributed by atoms with Crippen molar-refractivity contribution < 1.29 is 0 Å². The van der Waals surface area contributed by atoms with Crippen LogP contribution in [0.5, 0.6) is 0 Å². The number of nitrogens with one attached hydrogen (secondary N) is 1. The number of para-hydroxylation sites is 1. The van der Waals surface area contributed by atoms with Gasteiger partial charge in [0.05, 0.1) is 23.3 Å². The van der Waals surface area contributed by atoms with Crippen LogP contribution in [0.4, 0.5) is 0 Å². The minimum atomic E-state index is 0.660. The fourth-order valence-corrected chi connectivity index (χ4v) is 2.57. The molecule has 3 rings (SSSR count). The summed E-state index contributed by atoms with van der Waals surface area (Å²) >= 11 is 5.41. The first kappa shape index (κ1) is 12.0. The Labute approximate surface area is 116 Å². The molecule has 0 fully saturated rings. The first-order chi connectivity index (χ1) is 9.15. The van der Waals surface area contributed by atoms with Gasteiger partial charge in [0.25, 0.3) is 0 Å². The van der Waals surface area contributed by atoms with Crippen molar-refractivity contribution in [2.45, 2.75) is 20.4 Å². The molecule has 0 aliphatic rings. The van der Waals surface area contributed by atoms with Gasteiger partial charge in [-0.1, -0.05) is 12.1 Å². The van der Waals surface area contributed by atoms with Crippen LogP contribution in [-0.4, -0.2) is 19.5 Å². The molecule has 2 heterocycles. The highest BCUT2D eigenvalue weighted by Gasteiger charge is 2.08. The number of aromatic nitrogens is 4. The normalized spacial score (nSPS) is 11.1. The molecule has 0 radical (unpaired) electrons. The molecule has 0 aliphatic heterocycles. The highest BCUT2D eigenvalue weighted by molar-refractivity contribution is 7.71. The number of H-pyrrole nitrogens is 1. The maximum Gasteiger partial charge on any atom is 0.178 e. The van der Waals surface area contributed by atoms with Gasteiger partial charge < -0.3 is 9.55 Å². The van der Waals surface area contributed by atoms with Crippen molar-refractivity contribution in [3.05, 3.63) is 52.3 Å². The molecule has 96 valence electrons. The molecule has 19 heavy (non-hydrogen) atoms. The lowest BCUT2D eigenvalue weighted by molar-refractivity contribution is 0.771. The summed E-state index contributed by atoms with van der Waals surface area (Å²) in [6.07, 6.45) is 1.78. The van der Waals surface area contributed by atoms with E-state index in [4.69, 9.17) is 12.2 Å². The third-order valence-corrected chi connectivity index (χ3v) is 3.47. The summed E-state index contributed by atoms with van der Waals surface area (Å²) in [6.45, 7) is 4.64. The average molecular weight is 270 g/mol. The topological polar surface area (TPSA) is 46.5 Å². The van der Waals surface area contributed by atoms with Gasteiger partial charge in [-0.25, -0.2) is 9.97 Å². The van der Waals surface area contributed by atoms with E-state index in [0.717, 1.165) is 27.3 Å². The van der Waals surface area contributed by atoms with E-state index < -0.39 is 0 Å². The van der Waals surface area contributed by atoms with Crippen LogP contribution >= 0.6 is 12.2 Å². The van der Waals surface area contributed by atoms with Gasteiger partial charge in [0, 0.05) is 6.20 Å². The van der Waals surface area contributed by atoms with Crippen molar-refractivity contribution >= 4 is 23.3 Å². The van der Waals surface area contributed by atoms with E-state index in [1.54, 1.807) is 6.20 Å². The molecule has 0 atom stereocenters. The summed E-state index contributed by atoms with van der Waals surface area (Å²) in [7, 11) is 0.